The first kappa shape index (κ1) is 13.4. The largest absolute Gasteiger partial charge is 0.357 e. The molecule has 0 saturated carbocycles. The Labute approximate surface area is 119 Å². The number of amides is 1. The standard InChI is InChI=1S/C15H22N4O/c20-15(13-4-3-6-16-13)18-11-12-5-7-17-14(10-12)19-8-1-2-9-19/h5,7,10,13,16H,1-4,6,8-9,11H2,(H,18,20). The van der Waals surface area contributed by atoms with Gasteiger partial charge in [0, 0.05) is 25.8 Å². The molecule has 5 heteroatoms. The van der Waals surface area contributed by atoms with E-state index in [2.05, 4.69) is 26.6 Å². The maximum Gasteiger partial charge on any atom is 0.237 e. The fourth-order valence-corrected chi connectivity index (χ4v) is 2.91. The quantitative estimate of drug-likeness (QED) is 0.861. The minimum Gasteiger partial charge on any atom is -0.357 e. The van der Waals surface area contributed by atoms with Crippen LogP contribution in [0.3, 0.4) is 0 Å². The minimum absolute atomic E-state index is 0.00473. The first-order chi connectivity index (χ1) is 9.83. The van der Waals surface area contributed by atoms with Gasteiger partial charge in [-0.05, 0) is 49.9 Å². The van der Waals surface area contributed by atoms with E-state index in [1.54, 1.807) is 0 Å². The van der Waals surface area contributed by atoms with E-state index in [1.807, 2.05) is 12.3 Å². The molecule has 0 bridgehead atoms. The normalized spacial score (nSPS) is 22.2. The molecule has 3 heterocycles. The molecule has 0 aliphatic carbocycles. The third-order valence-corrected chi connectivity index (χ3v) is 4.08. The second-order valence-electron chi connectivity index (χ2n) is 5.58. The number of hydrogen-bond acceptors (Lipinski definition) is 4. The van der Waals surface area contributed by atoms with Gasteiger partial charge in [-0.3, -0.25) is 4.79 Å². The lowest BCUT2D eigenvalue weighted by Crippen LogP contribution is -2.40. The summed E-state index contributed by atoms with van der Waals surface area (Å²) in [5, 5.41) is 6.23. The van der Waals surface area contributed by atoms with Crippen LogP contribution in [0.1, 0.15) is 31.2 Å². The van der Waals surface area contributed by atoms with Crippen molar-refractivity contribution < 1.29 is 4.79 Å². The van der Waals surface area contributed by atoms with Crippen LogP contribution in [-0.2, 0) is 11.3 Å². The van der Waals surface area contributed by atoms with Gasteiger partial charge >= 0.3 is 0 Å². The Bertz CT molecular complexity index is 465. The van der Waals surface area contributed by atoms with Crippen molar-refractivity contribution in [2.45, 2.75) is 38.3 Å². The molecule has 5 nitrogen and oxygen atoms in total. The van der Waals surface area contributed by atoms with Gasteiger partial charge in [0.05, 0.1) is 6.04 Å². The zero-order chi connectivity index (χ0) is 13.8. The fourth-order valence-electron chi connectivity index (χ4n) is 2.91. The van der Waals surface area contributed by atoms with Crippen LogP contribution in [0.15, 0.2) is 18.3 Å². The number of pyridine rings is 1. The van der Waals surface area contributed by atoms with Gasteiger partial charge in [0.15, 0.2) is 0 Å². The van der Waals surface area contributed by atoms with Crippen molar-refractivity contribution in [3.8, 4) is 0 Å². The molecule has 108 valence electrons. The number of carbonyl (C=O) groups excluding carboxylic acids is 1. The highest BCUT2D eigenvalue weighted by Gasteiger charge is 2.21. The predicted molar refractivity (Wildman–Crippen MR) is 78.6 cm³/mol. The van der Waals surface area contributed by atoms with Crippen LogP contribution in [0.2, 0.25) is 0 Å². The molecule has 1 amide bonds. The molecule has 1 atom stereocenters. The second kappa shape index (κ2) is 6.22. The van der Waals surface area contributed by atoms with Crippen LogP contribution in [0.4, 0.5) is 5.82 Å². The lowest BCUT2D eigenvalue weighted by molar-refractivity contribution is -0.122. The van der Waals surface area contributed by atoms with Crippen molar-refractivity contribution in [2.24, 2.45) is 0 Å². The first-order valence-corrected chi connectivity index (χ1v) is 7.54. The minimum atomic E-state index is -0.00473. The molecule has 2 aliphatic rings. The SMILES string of the molecule is O=C(NCc1ccnc(N2CCCC2)c1)C1CCCN1. The maximum absolute atomic E-state index is 12.0. The molecule has 2 saturated heterocycles. The molecule has 0 spiro atoms. The van der Waals surface area contributed by atoms with E-state index in [4.69, 9.17) is 0 Å². The molecule has 2 fully saturated rings. The molecule has 0 radical (unpaired) electrons. The topological polar surface area (TPSA) is 57.3 Å². The number of aromatic nitrogens is 1. The molecular weight excluding hydrogens is 252 g/mol. The predicted octanol–water partition coefficient (Wildman–Crippen LogP) is 1.05. The number of anilines is 1. The van der Waals surface area contributed by atoms with Gasteiger partial charge in [-0.15, -0.1) is 0 Å². The van der Waals surface area contributed by atoms with Crippen molar-refractivity contribution >= 4 is 11.7 Å². The summed E-state index contributed by atoms with van der Waals surface area (Å²) in [5.74, 6) is 1.15. The lowest BCUT2D eigenvalue weighted by atomic mass is 10.2. The van der Waals surface area contributed by atoms with E-state index in [9.17, 15) is 4.79 Å². The molecule has 2 aliphatic heterocycles. The molecular formula is C15H22N4O. The molecule has 1 aromatic heterocycles. The molecule has 3 rings (SSSR count). The summed E-state index contributed by atoms with van der Waals surface area (Å²) in [6.45, 7) is 3.72. The number of rotatable bonds is 4. The fraction of sp³-hybridized carbons (Fsp3) is 0.600. The molecule has 20 heavy (non-hydrogen) atoms. The van der Waals surface area contributed by atoms with E-state index in [0.29, 0.717) is 6.54 Å². The van der Waals surface area contributed by atoms with Crippen LogP contribution in [0, 0.1) is 0 Å². The Morgan fingerprint density at radius 2 is 2.25 bits per heavy atom. The molecule has 1 unspecified atom stereocenters. The van der Waals surface area contributed by atoms with Crippen LogP contribution >= 0.6 is 0 Å². The summed E-state index contributed by atoms with van der Waals surface area (Å²) >= 11 is 0. The summed E-state index contributed by atoms with van der Waals surface area (Å²) in [6, 6.07) is 4.06. The Balaban J connectivity index is 1.56. The number of hydrogen-bond donors (Lipinski definition) is 2. The monoisotopic (exact) mass is 274 g/mol. The number of carbonyl (C=O) groups is 1. The first-order valence-electron chi connectivity index (χ1n) is 7.54. The van der Waals surface area contributed by atoms with Crippen LogP contribution in [0.5, 0.6) is 0 Å². The van der Waals surface area contributed by atoms with E-state index >= 15 is 0 Å². The highest BCUT2D eigenvalue weighted by Crippen LogP contribution is 2.18. The van der Waals surface area contributed by atoms with Crippen LogP contribution in [-0.4, -0.2) is 36.6 Å². The smallest absolute Gasteiger partial charge is 0.237 e. The van der Waals surface area contributed by atoms with Crippen molar-refractivity contribution in [3.63, 3.8) is 0 Å². The van der Waals surface area contributed by atoms with Crippen molar-refractivity contribution in [1.29, 1.82) is 0 Å². The summed E-state index contributed by atoms with van der Waals surface area (Å²) in [5.41, 5.74) is 1.12. The van der Waals surface area contributed by atoms with Gasteiger partial charge in [-0.25, -0.2) is 4.98 Å². The van der Waals surface area contributed by atoms with Crippen LogP contribution < -0.4 is 15.5 Å². The zero-order valence-corrected chi connectivity index (χ0v) is 11.8. The van der Waals surface area contributed by atoms with Gasteiger partial charge in [0.1, 0.15) is 5.82 Å². The average Bonchev–Trinajstić information content (AvgIpc) is 3.17. The van der Waals surface area contributed by atoms with Crippen molar-refractivity contribution in [1.82, 2.24) is 15.6 Å². The van der Waals surface area contributed by atoms with Gasteiger partial charge in [0.25, 0.3) is 0 Å². The number of nitrogens with one attached hydrogen (secondary N) is 2. The number of nitrogens with zero attached hydrogens (tertiary/aromatic N) is 2. The Kier molecular flexibility index (Phi) is 4.16. The maximum atomic E-state index is 12.0. The average molecular weight is 274 g/mol. The summed E-state index contributed by atoms with van der Waals surface area (Å²) < 4.78 is 0. The van der Waals surface area contributed by atoms with Gasteiger partial charge in [0.2, 0.25) is 5.91 Å². The Morgan fingerprint density at radius 1 is 1.40 bits per heavy atom. The summed E-state index contributed by atoms with van der Waals surface area (Å²) in [4.78, 5) is 18.7. The summed E-state index contributed by atoms with van der Waals surface area (Å²) in [6.07, 6.45) is 6.36. The van der Waals surface area contributed by atoms with Crippen LogP contribution in [0.25, 0.3) is 0 Å². The zero-order valence-electron chi connectivity index (χ0n) is 11.8. The van der Waals surface area contributed by atoms with Crippen molar-refractivity contribution in [2.75, 3.05) is 24.5 Å². The molecule has 2 N–H and O–H groups in total. The third-order valence-electron chi connectivity index (χ3n) is 4.08. The lowest BCUT2D eigenvalue weighted by Gasteiger charge is -2.17. The molecule has 1 aromatic rings. The van der Waals surface area contributed by atoms with Crippen molar-refractivity contribution in [3.05, 3.63) is 23.9 Å². The van der Waals surface area contributed by atoms with E-state index in [0.717, 1.165) is 43.9 Å². The highest BCUT2D eigenvalue weighted by molar-refractivity contribution is 5.81. The highest BCUT2D eigenvalue weighted by atomic mass is 16.2. The summed E-state index contributed by atoms with van der Waals surface area (Å²) in [7, 11) is 0. The van der Waals surface area contributed by atoms with Gasteiger partial charge in [-0.2, -0.15) is 0 Å². The van der Waals surface area contributed by atoms with Gasteiger partial charge in [-0.1, -0.05) is 0 Å². The van der Waals surface area contributed by atoms with E-state index < -0.39 is 0 Å². The molecule has 0 aromatic carbocycles. The Hall–Kier alpha value is -1.62. The van der Waals surface area contributed by atoms with Gasteiger partial charge < -0.3 is 15.5 Å². The second-order valence-corrected chi connectivity index (χ2v) is 5.58. The van der Waals surface area contributed by atoms with E-state index in [1.165, 1.54) is 12.8 Å². The Morgan fingerprint density at radius 3 is 3.00 bits per heavy atom. The van der Waals surface area contributed by atoms with E-state index in [-0.39, 0.29) is 11.9 Å². The third kappa shape index (κ3) is 3.10.